The van der Waals surface area contributed by atoms with E-state index in [4.69, 9.17) is 4.74 Å². The normalized spacial score (nSPS) is 15.6. The Hall–Kier alpha value is -1.76. The van der Waals surface area contributed by atoms with Crippen LogP contribution in [0.15, 0.2) is 60.7 Å². The number of ether oxygens (including phenoxy) is 1. The lowest BCUT2D eigenvalue weighted by molar-refractivity contribution is -0.137. The standard InChI is InChI=1S/C24H34O5/c25-17-21(27)23(15-7-13-19-9-3-1-4-10-19)29-24(22(28)18-26)16-8-14-20-11-5-2-6-12-20/h1-6,9-12,21-28H,7-8,13-18H2. The van der Waals surface area contributed by atoms with Crippen molar-refractivity contribution in [2.45, 2.75) is 62.9 Å². The average molecular weight is 403 g/mol. The van der Waals surface area contributed by atoms with Crippen LogP contribution in [0.2, 0.25) is 0 Å². The molecule has 4 unspecified atom stereocenters. The van der Waals surface area contributed by atoms with Crippen LogP contribution in [0.25, 0.3) is 0 Å². The fraction of sp³-hybridized carbons (Fsp3) is 0.500. The second-order valence-electron chi connectivity index (χ2n) is 7.47. The van der Waals surface area contributed by atoms with E-state index in [1.54, 1.807) is 0 Å². The lowest BCUT2D eigenvalue weighted by Gasteiger charge is -2.30. The summed E-state index contributed by atoms with van der Waals surface area (Å²) in [6.45, 7) is -0.802. The van der Waals surface area contributed by atoms with Crippen molar-refractivity contribution in [2.24, 2.45) is 0 Å². The van der Waals surface area contributed by atoms with Crippen LogP contribution in [-0.2, 0) is 17.6 Å². The Morgan fingerprint density at radius 2 is 1.00 bits per heavy atom. The van der Waals surface area contributed by atoms with E-state index in [1.807, 2.05) is 36.4 Å². The maximum atomic E-state index is 10.2. The molecule has 2 rings (SSSR count). The lowest BCUT2D eigenvalue weighted by Crippen LogP contribution is -2.41. The van der Waals surface area contributed by atoms with Crippen molar-refractivity contribution < 1.29 is 25.2 Å². The zero-order chi connectivity index (χ0) is 20.9. The van der Waals surface area contributed by atoms with Gasteiger partial charge in [-0.05, 0) is 49.7 Å². The Labute approximate surface area is 173 Å². The average Bonchev–Trinajstić information content (AvgIpc) is 2.77. The molecule has 2 aromatic carbocycles. The van der Waals surface area contributed by atoms with Crippen molar-refractivity contribution in [2.75, 3.05) is 13.2 Å². The molecule has 4 N–H and O–H groups in total. The molecule has 0 amide bonds. The fourth-order valence-electron chi connectivity index (χ4n) is 3.47. The lowest BCUT2D eigenvalue weighted by atomic mass is 10.0. The molecule has 4 atom stereocenters. The van der Waals surface area contributed by atoms with Crippen molar-refractivity contribution >= 4 is 0 Å². The summed E-state index contributed by atoms with van der Waals surface area (Å²) < 4.78 is 6.01. The van der Waals surface area contributed by atoms with E-state index in [0.717, 1.165) is 25.7 Å². The van der Waals surface area contributed by atoms with Crippen LogP contribution < -0.4 is 0 Å². The molecule has 0 aliphatic heterocycles. The van der Waals surface area contributed by atoms with Crippen molar-refractivity contribution in [3.8, 4) is 0 Å². The molecule has 0 fully saturated rings. The minimum Gasteiger partial charge on any atom is -0.394 e. The predicted molar refractivity (Wildman–Crippen MR) is 114 cm³/mol. The Bertz CT molecular complexity index is 591. The van der Waals surface area contributed by atoms with Gasteiger partial charge in [0.05, 0.1) is 25.4 Å². The van der Waals surface area contributed by atoms with Crippen molar-refractivity contribution in [1.29, 1.82) is 0 Å². The monoisotopic (exact) mass is 402 g/mol. The molecule has 0 bridgehead atoms. The van der Waals surface area contributed by atoms with Gasteiger partial charge >= 0.3 is 0 Å². The third-order valence-electron chi connectivity index (χ3n) is 5.18. The van der Waals surface area contributed by atoms with Crippen molar-refractivity contribution in [1.82, 2.24) is 0 Å². The van der Waals surface area contributed by atoms with Gasteiger partial charge in [-0.15, -0.1) is 0 Å². The van der Waals surface area contributed by atoms with Gasteiger partial charge < -0.3 is 25.2 Å². The van der Waals surface area contributed by atoms with Gasteiger partial charge in [-0.2, -0.15) is 0 Å². The molecule has 0 aliphatic rings. The molecule has 5 nitrogen and oxygen atoms in total. The van der Waals surface area contributed by atoms with Crippen LogP contribution in [0.4, 0.5) is 0 Å². The topological polar surface area (TPSA) is 90.2 Å². The summed E-state index contributed by atoms with van der Waals surface area (Å²) in [5.41, 5.74) is 2.42. The van der Waals surface area contributed by atoms with E-state index >= 15 is 0 Å². The molecule has 0 aromatic heterocycles. The highest BCUT2D eigenvalue weighted by Gasteiger charge is 2.27. The van der Waals surface area contributed by atoms with Crippen LogP contribution in [0, 0.1) is 0 Å². The first-order chi connectivity index (χ1) is 14.1. The van der Waals surface area contributed by atoms with E-state index in [9.17, 15) is 20.4 Å². The van der Waals surface area contributed by atoms with Crippen LogP contribution in [0.3, 0.4) is 0 Å². The highest BCUT2D eigenvalue weighted by atomic mass is 16.5. The second kappa shape index (κ2) is 13.5. The molecule has 0 saturated carbocycles. The number of aliphatic hydroxyl groups is 4. The smallest absolute Gasteiger partial charge is 0.103 e. The first-order valence-electron chi connectivity index (χ1n) is 10.4. The molecular weight excluding hydrogens is 368 g/mol. The van der Waals surface area contributed by atoms with Crippen LogP contribution >= 0.6 is 0 Å². The van der Waals surface area contributed by atoms with E-state index < -0.39 is 37.6 Å². The van der Waals surface area contributed by atoms with E-state index in [1.165, 1.54) is 11.1 Å². The Balaban J connectivity index is 1.89. The maximum absolute atomic E-state index is 10.2. The first kappa shape index (κ1) is 23.5. The number of benzene rings is 2. The highest BCUT2D eigenvalue weighted by Crippen LogP contribution is 2.19. The molecular formula is C24H34O5. The molecule has 160 valence electrons. The summed E-state index contributed by atoms with van der Waals surface area (Å²) in [6.07, 6.45) is 1.17. The first-order valence-corrected chi connectivity index (χ1v) is 10.4. The Morgan fingerprint density at radius 3 is 1.34 bits per heavy atom. The molecule has 2 aromatic rings. The van der Waals surface area contributed by atoms with Gasteiger partial charge in [-0.3, -0.25) is 0 Å². The SMILES string of the molecule is OCC(O)C(CCCc1ccccc1)OC(CCCc1ccccc1)C(O)CO. The number of hydrogen-bond acceptors (Lipinski definition) is 5. The molecule has 0 heterocycles. The van der Waals surface area contributed by atoms with Crippen molar-refractivity contribution in [3.63, 3.8) is 0 Å². The van der Waals surface area contributed by atoms with Crippen LogP contribution in [-0.4, -0.2) is 58.1 Å². The third-order valence-corrected chi connectivity index (χ3v) is 5.18. The zero-order valence-corrected chi connectivity index (χ0v) is 16.9. The minimum atomic E-state index is -1.02. The van der Waals surface area contributed by atoms with E-state index in [-0.39, 0.29) is 0 Å². The third kappa shape index (κ3) is 8.64. The quantitative estimate of drug-likeness (QED) is 0.390. The van der Waals surface area contributed by atoms with Gasteiger partial charge in [-0.25, -0.2) is 0 Å². The Morgan fingerprint density at radius 1 is 0.621 bits per heavy atom. The van der Waals surface area contributed by atoms with E-state index in [2.05, 4.69) is 24.3 Å². The summed E-state index contributed by atoms with van der Waals surface area (Å²) in [5.74, 6) is 0. The number of aryl methyl sites for hydroxylation is 2. The summed E-state index contributed by atoms with van der Waals surface area (Å²) >= 11 is 0. The summed E-state index contributed by atoms with van der Waals surface area (Å²) in [7, 11) is 0. The molecule has 29 heavy (non-hydrogen) atoms. The highest BCUT2D eigenvalue weighted by molar-refractivity contribution is 5.15. The largest absolute Gasteiger partial charge is 0.394 e. The van der Waals surface area contributed by atoms with Crippen LogP contribution in [0.1, 0.15) is 36.8 Å². The number of hydrogen-bond donors (Lipinski definition) is 4. The maximum Gasteiger partial charge on any atom is 0.103 e. The number of aliphatic hydroxyl groups excluding tert-OH is 4. The number of rotatable bonds is 14. The van der Waals surface area contributed by atoms with Gasteiger partial charge in [0.2, 0.25) is 0 Å². The molecule has 0 radical (unpaired) electrons. The predicted octanol–water partition coefficient (Wildman–Crippen LogP) is 2.49. The summed E-state index contributed by atoms with van der Waals surface area (Å²) in [4.78, 5) is 0. The zero-order valence-electron chi connectivity index (χ0n) is 16.9. The molecule has 0 spiro atoms. The van der Waals surface area contributed by atoms with Gasteiger partial charge in [0.25, 0.3) is 0 Å². The van der Waals surface area contributed by atoms with Gasteiger partial charge in [0.1, 0.15) is 12.2 Å². The molecule has 5 heteroatoms. The summed E-state index contributed by atoms with van der Waals surface area (Å²) in [5, 5.41) is 39.2. The van der Waals surface area contributed by atoms with Crippen molar-refractivity contribution in [3.05, 3.63) is 71.8 Å². The Kier molecular flexibility index (Phi) is 10.9. The minimum absolute atomic E-state index is 0.401. The summed E-state index contributed by atoms with van der Waals surface area (Å²) in [6, 6.07) is 20.1. The van der Waals surface area contributed by atoms with Gasteiger partial charge in [-0.1, -0.05) is 60.7 Å². The molecule has 0 aliphatic carbocycles. The van der Waals surface area contributed by atoms with Crippen LogP contribution in [0.5, 0.6) is 0 Å². The van der Waals surface area contributed by atoms with E-state index in [0.29, 0.717) is 12.8 Å². The fourth-order valence-corrected chi connectivity index (χ4v) is 3.47. The second-order valence-corrected chi connectivity index (χ2v) is 7.47. The van der Waals surface area contributed by atoms with Gasteiger partial charge in [0.15, 0.2) is 0 Å². The van der Waals surface area contributed by atoms with Gasteiger partial charge in [0, 0.05) is 0 Å². The molecule has 0 saturated heterocycles.